The second kappa shape index (κ2) is 37.2. The summed E-state index contributed by atoms with van der Waals surface area (Å²) in [5.41, 5.74) is -0.828. The van der Waals surface area contributed by atoms with Gasteiger partial charge in [-0.25, -0.2) is 4.98 Å². The van der Waals surface area contributed by atoms with Gasteiger partial charge in [-0.2, -0.15) is 0 Å². The minimum absolute atomic E-state index is 0.0451. The average molecular weight is 1420 g/mol. The zero-order valence-corrected chi connectivity index (χ0v) is 59.7. The number of carboxylic acids is 1. The maximum Gasteiger partial charge on any atom is 0.313 e. The largest absolute Gasteiger partial charge is 0.481 e. The van der Waals surface area contributed by atoms with Crippen LogP contribution in [0.5, 0.6) is 5.75 Å². The van der Waals surface area contributed by atoms with Crippen LogP contribution in [0.2, 0.25) is 0 Å². The number of carbonyl (C=O) groups excluding carboxylic acids is 14. The molecule has 0 bridgehead atoms. The molecule has 4 heterocycles. The zero-order valence-electron chi connectivity index (χ0n) is 58.9. The topological polar surface area (TPSA) is 423 Å². The Bertz CT molecular complexity index is 3420. The Hall–Kier alpha value is -9.34. The van der Waals surface area contributed by atoms with Crippen molar-refractivity contribution in [1.82, 2.24) is 56.5 Å². The van der Waals surface area contributed by atoms with Gasteiger partial charge < -0.3 is 66.2 Å². The van der Waals surface area contributed by atoms with E-state index in [9.17, 15) is 77.0 Å². The molecule has 0 saturated carbocycles. The number of imide groups is 2. The van der Waals surface area contributed by atoms with E-state index in [0.717, 1.165) is 35.6 Å². The third-order valence-corrected chi connectivity index (χ3v) is 18.3. The fourth-order valence-electron chi connectivity index (χ4n) is 10.7. The number of nitrogens with zero attached hydrogens (tertiary/aromatic N) is 5. The Kier molecular flexibility index (Phi) is 30.2. The van der Waals surface area contributed by atoms with E-state index < -0.39 is 149 Å². The number of hydrogen-bond donors (Lipinski definition) is 8. The highest BCUT2D eigenvalue weighted by atomic mass is 32.1. The summed E-state index contributed by atoms with van der Waals surface area (Å²) in [4.78, 5) is 211. The fourth-order valence-corrected chi connectivity index (χ4v) is 11.6. The molecular weight excluding hydrogens is 1320 g/mol. The maximum atomic E-state index is 14.5. The van der Waals surface area contributed by atoms with Gasteiger partial charge in [-0.15, -0.1) is 11.3 Å². The number of carbonyl (C=O) groups is 15. The van der Waals surface area contributed by atoms with Gasteiger partial charge in [0.05, 0.1) is 50.0 Å². The second-order valence-corrected chi connectivity index (χ2v) is 27.0. The van der Waals surface area contributed by atoms with Gasteiger partial charge in [0, 0.05) is 81.7 Å². The summed E-state index contributed by atoms with van der Waals surface area (Å²) in [6.07, 6.45) is 1.88. The molecule has 100 heavy (non-hydrogen) atoms. The van der Waals surface area contributed by atoms with Gasteiger partial charge in [-0.05, 0) is 83.2 Å². The van der Waals surface area contributed by atoms with Gasteiger partial charge in [-0.1, -0.05) is 61.0 Å². The van der Waals surface area contributed by atoms with Crippen LogP contribution in [0.25, 0.3) is 0 Å². The Labute approximate surface area is 584 Å². The molecule has 0 saturated heterocycles. The minimum atomic E-state index is -2.11. The predicted octanol–water partition coefficient (Wildman–Crippen LogP) is 1.08. The number of aromatic nitrogens is 1. The molecule has 10 atom stereocenters. The summed E-state index contributed by atoms with van der Waals surface area (Å²) in [5.74, 6) is -15.2. The second-order valence-electron chi connectivity index (χ2n) is 26.1. The number of ether oxygens (including phenoxy) is 4. The molecule has 33 heteroatoms. The van der Waals surface area contributed by atoms with Gasteiger partial charge in [0.1, 0.15) is 40.9 Å². The molecular formula is C67H94N12O20S. The van der Waals surface area contributed by atoms with E-state index in [0.29, 0.717) is 21.8 Å². The maximum absolute atomic E-state index is 14.5. The van der Waals surface area contributed by atoms with Gasteiger partial charge >= 0.3 is 17.9 Å². The summed E-state index contributed by atoms with van der Waals surface area (Å²) in [7, 11) is 5.14. The normalized spacial score (nSPS) is 21.1. The molecule has 1 aromatic heterocycles. The van der Waals surface area contributed by atoms with Gasteiger partial charge in [0.2, 0.25) is 41.4 Å². The van der Waals surface area contributed by atoms with Crippen molar-refractivity contribution in [3.63, 3.8) is 0 Å². The minimum Gasteiger partial charge on any atom is -0.481 e. The molecule has 12 amide bonds. The number of amides is 12. The molecule has 2 aromatic rings. The van der Waals surface area contributed by atoms with Crippen molar-refractivity contribution in [3.8, 4) is 5.75 Å². The number of hydrogen-bond acceptors (Lipinski definition) is 22. The molecule has 0 fully saturated rings. The van der Waals surface area contributed by atoms with Crippen molar-refractivity contribution in [2.75, 3.05) is 66.0 Å². The lowest BCUT2D eigenvalue weighted by Gasteiger charge is -2.38. The third-order valence-electron chi connectivity index (χ3n) is 17.4. The number of nitrogens with one attached hydrogen (secondary N) is 7. The number of thiazole rings is 1. The number of fused-ring (bicyclic) bond motifs is 1. The molecule has 3 aliphatic heterocycles. The predicted molar refractivity (Wildman–Crippen MR) is 360 cm³/mol. The van der Waals surface area contributed by atoms with Crippen molar-refractivity contribution in [2.24, 2.45) is 23.7 Å². The first-order valence-electron chi connectivity index (χ1n) is 33.0. The van der Waals surface area contributed by atoms with Crippen LogP contribution in [0.3, 0.4) is 0 Å². The molecule has 548 valence electrons. The lowest BCUT2D eigenvalue weighted by atomic mass is 9.92. The van der Waals surface area contributed by atoms with Crippen molar-refractivity contribution < 1.29 is 96.0 Å². The van der Waals surface area contributed by atoms with Crippen LogP contribution < -0.4 is 42.0 Å². The van der Waals surface area contributed by atoms with E-state index in [1.807, 2.05) is 27.7 Å². The molecule has 5 rings (SSSR count). The molecule has 0 radical (unpaired) electrons. The van der Waals surface area contributed by atoms with Crippen molar-refractivity contribution in [1.29, 1.82) is 0 Å². The molecule has 5 unspecified atom stereocenters. The lowest BCUT2D eigenvalue weighted by molar-refractivity contribution is -0.156. The number of aliphatic carboxylic acids is 1. The highest BCUT2D eigenvalue weighted by Gasteiger charge is 2.50. The van der Waals surface area contributed by atoms with Crippen molar-refractivity contribution >= 4 is 106 Å². The quantitative estimate of drug-likeness (QED) is 0.0464. The number of benzene rings is 1. The number of esters is 2. The van der Waals surface area contributed by atoms with Gasteiger partial charge in [0.15, 0.2) is 11.9 Å². The third kappa shape index (κ3) is 22.3. The zero-order chi connectivity index (χ0) is 74.6. The SMILES string of the molecule is CC[C@H](C)[C@H](NC(=O)C(C)(C)N(C)C)C(=O)N(C)[C@H](C[C@@H](OC(C)=O)c1nc(C(=O)N[C@@H](Cc2ccc3c(c2)NC(=O)C(C)NC(=O)C(C(C)C)NC(=O)CCOCCNC(=O)C(N2C(=O)C=CC2=O)C(N2C(=O)C=CC2=O)C(=O)NCCOCCC(=O)O3)CC(C)C(=O)O)cs1)C(C)C. The Morgan fingerprint density at radius 2 is 1.32 bits per heavy atom. The highest BCUT2D eigenvalue weighted by Crippen LogP contribution is 2.33. The molecule has 0 spiro atoms. The lowest BCUT2D eigenvalue weighted by Crippen LogP contribution is -2.66. The van der Waals surface area contributed by atoms with E-state index >= 15 is 0 Å². The molecule has 3 aliphatic rings. The van der Waals surface area contributed by atoms with E-state index in [4.69, 9.17) is 18.9 Å². The first-order chi connectivity index (χ1) is 47.0. The van der Waals surface area contributed by atoms with E-state index in [2.05, 4.69) is 42.2 Å². The highest BCUT2D eigenvalue weighted by molar-refractivity contribution is 7.09. The summed E-state index contributed by atoms with van der Waals surface area (Å²) in [5, 5.41) is 30.4. The monoisotopic (exact) mass is 1420 g/mol. The smallest absolute Gasteiger partial charge is 0.313 e. The summed E-state index contributed by atoms with van der Waals surface area (Å²) in [6.45, 7) is 16.4. The summed E-state index contributed by atoms with van der Waals surface area (Å²) < 4.78 is 22.7. The van der Waals surface area contributed by atoms with Crippen LogP contribution in [0.4, 0.5) is 5.69 Å². The van der Waals surface area contributed by atoms with Gasteiger partial charge in [-0.3, -0.25) is 86.6 Å². The van der Waals surface area contributed by atoms with Gasteiger partial charge in [0.25, 0.3) is 29.5 Å². The average Bonchev–Trinajstić information content (AvgIpc) is 1.52. The Balaban J connectivity index is 1.42. The summed E-state index contributed by atoms with van der Waals surface area (Å²) in [6, 6.07) is -4.95. The van der Waals surface area contributed by atoms with E-state index in [1.165, 1.54) is 49.3 Å². The Morgan fingerprint density at radius 1 is 0.760 bits per heavy atom. The molecule has 32 nitrogen and oxygen atoms in total. The fraction of sp³-hybridized carbons (Fsp3) is 0.582. The first kappa shape index (κ1) is 81.3. The van der Waals surface area contributed by atoms with Crippen LogP contribution >= 0.6 is 11.3 Å². The number of rotatable bonds is 22. The van der Waals surface area contributed by atoms with Crippen LogP contribution in [0.1, 0.15) is 135 Å². The van der Waals surface area contributed by atoms with E-state index in [-0.39, 0.29) is 111 Å². The van der Waals surface area contributed by atoms with Crippen LogP contribution in [0.15, 0.2) is 47.9 Å². The standard InChI is InChI=1S/C67H94N12O20S/c1-15-37(6)55(75-66(95)67(10,11)76(12)13)64(92)77(14)45(35(2)3)33-47(98-40(9)80)63-73-44(34-100-63)59(88)71-42(30-38(7)65(93)94)31-41-16-17-46-43(32-41)72-58(87)39(8)70-60(89)54(36(4)5)74-48(81)22-26-96-28-24-68-61(90)56(78-49(82)18-19-50(78)83)57(79-51(84)20-21-52(79)85)62(91)69-25-29-97-27-23-53(86)99-46/h16-21,32,34-39,42,45,47,54-57H,15,22-31,33H2,1-14H3,(H,68,90)(H,69,91)(H,70,89)(H,71,88)(H,72,87)(H,74,81)(H,75,95)(H,93,94)/t37-,38?,39?,42+,45+,47+,54?,55-,56?,57?/m0/s1. The van der Waals surface area contributed by atoms with E-state index in [1.54, 1.807) is 53.7 Å². The summed E-state index contributed by atoms with van der Waals surface area (Å²) >= 11 is 1.01. The number of carboxylic acid groups (broad SMARTS) is 1. The first-order valence-corrected chi connectivity index (χ1v) is 33.8. The number of likely N-dealkylation sites (N-methyl/N-ethyl adjacent to an activating group) is 2. The molecule has 8 N–H and O–H groups in total. The van der Waals surface area contributed by atoms with Crippen molar-refractivity contribution in [3.05, 3.63) is 64.1 Å². The van der Waals surface area contributed by atoms with Crippen molar-refractivity contribution in [2.45, 2.75) is 169 Å². The van der Waals surface area contributed by atoms with Crippen LogP contribution in [0, 0.1) is 23.7 Å². The number of anilines is 1. The molecule has 0 aliphatic carbocycles. The molecule has 1 aromatic carbocycles. The Morgan fingerprint density at radius 3 is 1.83 bits per heavy atom. The van der Waals surface area contributed by atoms with Crippen LogP contribution in [-0.2, 0) is 87.8 Å². The van der Waals surface area contributed by atoms with Crippen LogP contribution in [-0.4, -0.2) is 227 Å².